The van der Waals surface area contributed by atoms with Crippen LogP contribution in [0.4, 0.5) is 0 Å². The summed E-state index contributed by atoms with van der Waals surface area (Å²) >= 11 is 1.93. The molecule has 0 bridgehead atoms. The third-order valence-electron chi connectivity index (χ3n) is 11.1. The molecule has 3 heterocycles. The summed E-state index contributed by atoms with van der Waals surface area (Å²) in [6.45, 7) is 16.2. The van der Waals surface area contributed by atoms with Crippen molar-refractivity contribution in [3.05, 3.63) is 148 Å². The molecule has 0 saturated heterocycles. The van der Waals surface area contributed by atoms with Crippen LogP contribution < -0.4 is 37.3 Å². The molecule has 5 aromatic carbocycles. The lowest BCUT2D eigenvalue weighted by molar-refractivity contribution is -0.659. The number of pyridine rings is 1. The molecule has 49 heavy (non-hydrogen) atoms. The number of thiophene rings is 1. The van der Waals surface area contributed by atoms with E-state index >= 15 is 0 Å². The van der Waals surface area contributed by atoms with E-state index < -0.39 is 0 Å². The molecule has 0 aliphatic carbocycles. The van der Waals surface area contributed by atoms with Gasteiger partial charge in [0.2, 0.25) is 19.1 Å². The van der Waals surface area contributed by atoms with Crippen LogP contribution >= 0.6 is 11.3 Å². The van der Waals surface area contributed by atoms with Gasteiger partial charge in [0.15, 0.2) is 6.20 Å². The predicted molar refractivity (Wildman–Crippen MR) is 216 cm³/mol. The Morgan fingerprint density at radius 2 is 1.10 bits per heavy atom. The molecular formula is C45H42B2NS+. The number of fused-ring (bicyclic) bond motifs is 3. The Balaban J connectivity index is 1.39. The van der Waals surface area contributed by atoms with Gasteiger partial charge in [-0.2, -0.15) is 4.57 Å². The summed E-state index contributed by atoms with van der Waals surface area (Å²) < 4.78 is 3.65. The summed E-state index contributed by atoms with van der Waals surface area (Å²) in [6.07, 6.45) is 2.22. The molecule has 0 atom stereocenters. The van der Waals surface area contributed by atoms with Crippen LogP contribution in [0.25, 0.3) is 31.8 Å². The molecule has 2 aromatic heterocycles. The SMILES string of the molecule is Cc1cc(C)c(C)c(-c2c3sc(-c4ccc5c(c4)B(c4c(C)cccc4C)c4ccccc4B5c4c(C)cccc4C)cc3cc[n+]2C)c1. The summed E-state index contributed by atoms with van der Waals surface area (Å²) in [7, 11) is 2.18. The van der Waals surface area contributed by atoms with E-state index in [-0.39, 0.29) is 13.4 Å². The van der Waals surface area contributed by atoms with E-state index in [1.165, 1.54) is 104 Å². The first-order chi connectivity index (χ1) is 23.6. The quantitative estimate of drug-likeness (QED) is 0.150. The van der Waals surface area contributed by atoms with Crippen molar-refractivity contribution in [3.63, 3.8) is 0 Å². The fraction of sp³-hybridized carbons (Fsp3) is 0.178. The van der Waals surface area contributed by atoms with E-state index in [0.29, 0.717) is 0 Å². The molecular weight excluding hydrogens is 608 g/mol. The van der Waals surface area contributed by atoms with Crippen LogP contribution in [-0.2, 0) is 7.05 Å². The predicted octanol–water partition coefficient (Wildman–Crippen LogP) is 6.56. The number of aromatic nitrogens is 1. The van der Waals surface area contributed by atoms with Gasteiger partial charge in [0.1, 0.15) is 11.7 Å². The largest absolute Gasteiger partial charge is 0.240 e. The van der Waals surface area contributed by atoms with Crippen LogP contribution in [0.1, 0.15) is 38.9 Å². The average molecular weight is 651 g/mol. The molecule has 4 heteroatoms. The van der Waals surface area contributed by atoms with Gasteiger partial charge < -0.3 is 0 Å². The molecule has 238 valence electrons. The van der Waals surface area contributed by atoms with Crippen molar-refractivity contribution in [1.29, 1.82) is 0 Å². The van der Waals surface area contributed by atoms with E-state index in [1.807, 2.05) is 11.3 Å². The minimum Gasteiger partial charge on any atom is -0.200 e. The molecule has 8 rings (SSSR count). The van der Waals surface area contributed by atoms with Gasteiger partial charge in [-0.3, -0.25) is 0 Å². The van der Waals surface area contributed by atoms with Crippen molar-refractivity contribution in [1.82, 2.24) is 0 Å². The first-order valence-corrected chi connectivity index (χ1v) is 18.3. The highest BCUT2D eigenvalue weighted by atomic mass is 32.1. The van der Waals surface area contributed by atoms with Crippen molar-refractivity contribution < 1.29 is 4.57 Å². The fourth-order valence-corrected chi connectivity index (χ4v) is 9.93. The second-order valence-electron chi connectivity index (χ2n) is 14.4. The molecule has 0 amide bonds. The van der Waals surface area contributed by atoms with Gasteiger partial charge in [-0.05, 0) is 77.3 Å². The monoisotopic (exact) mass is 650 g/mol. The van der Waals surface area contributed by atoms with Gasteiger partial charge in [0, 0.05) is 16.3 Å². The highest BCUT2D eigenvalue weighted by Gasteiger charge is 2.40. The van der Waals surface area contributed by atoms with Crippen molar-refractivity contribution in [2.45, 2.75) is 48.5 Å². The number of benzene rings is 5. The van der Waals surface area contributed by atoms with Crippen LogP contribution in [0.15, 0.2) is 109 Å². The zero-order valence-electron chi connectivity index (χ0n) is 29.9. The van der Waals surface area contributed by atoms with Crippen molar-refractivity contribution in [2.75, 3.05) is 0 Å². The van der Waals surface area contributed by atoms with Crippen LogP contribution in [-0.4, -0.2) is 13.4 Å². The van der Waals surface area contributed by atoms with E-state index in [2.05, 4.69) is 169 Å². The van der Waals surface area contributed by atoms with Crippen LogP contribution in [0.3, 0.4) is 0 Å². The molecule has 1 aliphatic rings. The Bertz CT molecular complexity index is 2410. The molecule has 7 aromatic rings. The second kappa shape index (κ2) is 12.0. The summed E-state index contributed by atoms with van der Waals surface area (Å²) in [5.74, 6) is 0. The lowest BCUT2D eigenvalue weighted by Gasteiger charge is -2.34. The molecule has 1 aliphatic heterocycles. The normalized spacial score (nSPS) is 12.4. The molecule has 0 saturated carbocycles. The Hall–Kier alpha value is -4.66. The maximum absolute atomic E-state index is 2.54. The number of aryl methyl sites for hydroxylation is 7. The Morgan fingerprint density at radius 1 is 0.531 bits per heavy atom. The van der Waals surface area contributed by atoms with Gasteiger partial charge in [-0.25, -0.2) is 0 Å². The molecule has 0 fully saturated rings. The van der Waals surface area contributed by atoms with Gasteiger partial charge in [-0.15, -0.1) is 11.3 Å². The first-order valence-electron chi connectivity index (χ1n) is 17.5. The van der Waals surface area contributed by atoms with Gasteiger partial charge in [0.05, 0.1) is 5.56 Å². The summed E-state index contributed by atoms with van der Waals surface area (Å²) in [6, 6.07) is 39.5. The van der Waals surface area contributed by atoms with E-state index in [4.69, 9.17) is 0 Å². The minimum atomic E-state index is 0.161. The zero-order valence-corrected chi connectivity index (χ0v) is 30.7. The molecule has 0 N–H and O–H groups in total. The van der Waals surface area contributed by atoms with Crippen molar-refractivity contribution in [3.8, 4) is 21.7 Å². The van der Waals surface area contributed by atoms with Gasteiger partial charge in [0.25, 0.3) is 0 Å². The Kier molecular flexibility index (Phi) is 7.76. The topological polar surface area (TPSA) is 3.88 Å². The Morgan fingerprint density at radius 3 is 1.71 bits per heavy atom. The Labute approximate surface area is 296 Å². The highest BCUT2D eigenvalue weighted by Crippen LogP contribution is 2.39. The molecule has 0 radical (unpaired) electrons. The summed E-state index contributed by atoms with van der Waals surface area (Å²) in [4.78, 5) is 1.31. The third-order valence-corrected chi connectivity index (χ3v) is 12.4. The standard InChI is InChI=1S/C45H42B2NS/c1-27-23-32(6)33(7)36(24-27)44-45-35(21-22-48(44)8)26-41(49-45)34-19-20-39-40(25-34)47(43-30(4)15-12-16-31(43)5)38-18-10-9-17-37(38)46(39)42-28(2)13-11-14-29(42)3/h9-26H,1-8H3/q+1. The number of rotatable bonds is 4. The molecule has 1 nitrogen and oxygen atoms in total. The van der Waals surface area contributed by atoms with Gasteiger partial charge in [-0.1, -0.05) is 146 Å². The van der Waals surface area contributed by atoms with Gasteiger partial charge >= 0.3 is 0 Å². The fourth-order valence-electron chi connectivity index (χ4n) is 8.68. The number of hydrogen-bond donors (Lipinski definition) is 0. The van der Waals surface area contributed by atoms with Crippen LogP contribution in [0.2, 0.25) is 0 Å². The summed E-state index contributed by atoms with van der Waals surface area (Å²) in [5, 5.41) is 1.30. The minimum absolute atomic E-state index is 0.161. The van der Waals surface area contributed by atoms with Crippen LogP contribution in [0.5, 0.6) is 0 Å². The number of nitrogens with zero attached hydrogens (tertiary/aromatic N) is 1. The van der Waals surface area contributed by atoms with Crippen LogP contribution in [0, 0.1) is 48.5 Å². The van der Waals surface area contributed by atoms with E-state index in [1.54, 1.807) is 0 Å². The zero-order chi connectivity index (χ0) is 34.1. The lowest BCUT2D eigenvalue weighted by Crippen LogP contribution is -2.75. The van der Waals surface area contributed by atoms with E-state index in [0.717, 1.165) is 0 Å². The smallest absolute Gasteiger partial charge is 0.200 e. The molecule has 0 unspecified atom stereocenters. The van der Waals surface area contributed by atoms with E-state index in [9.17, 15) is 0 Å². The maximum Gasteiger partial charge on any atom is 0.240 e. The first kappa shape index (κ1) is 31.6. The van der Waals surface area contributed by atoms with Crippen molar-refractivity contribution in [2.24, 2.45) is 7.05 Å². The average Bonchev–Trinajstić information content (AvgIpc) is 3.51. The number of hydrogen-bond acceptors (Lipinski definition) is 1. The van der Waals surface area contributed by atoms with Crippen molar-refractivity contribution >= 4 is 67.6 Å². The highest BCUT2D eigenvalue weighted by molar-refractivity contribution is 7.22. The summed E-state index contributed by atoms with van der Waals surface area (Å²) in [5.41, 5.74) is 21.9. The molecule has 0 spiro atoms. The lowest BCUT2D eigenvalue weighted by atomic mass is 9.20. The third kappa shape index (κ3) is 5.11. The maximum atomic E-state index is 2.54. The second-order valence-corrected chi connectivity index (χ2v) is 15.4.